The van der Waals surface area contributed by atoms with E-state index in [0.29, 0.717) is 11.3 Å². The van der Waals surface area contributed by atoms with Gasteiger partial charge in [-0.05, 0) is 33.8 Å². The van der Waals surface area contributed by atoms with Gasteiger partial charge < -0.3 is 5.32 Å². The Kier molecular flexibility index (Phi) is 2.61. The van der Waals surface area contributed by atoms with E-state index in [0.717, 1.165) is 5.69 Å². The van der Waals surface area contributed by atoms with Crippen LogP contribution in [0, 0.1) is 6.92 Å². The number of carbonyl (C=O) groups is 1. The molecular weight excluding hydrogens is 216 g/mol. The Morgan fingerprint density at radius 2 is 2.12 bits per heavy atom. The van der Waals surface area contributed by atoms with Crippen molar-refractivity contribution >= 4 is 11.6 Å². The number of amides is 1. The predicted molar refractivity (Wildman–Crippen MR) is 64.9 cm³/mol. The minimum Gasteiger partial charge on any atom is -0.346 e. The Morgan fingerprint density at radius 1 is 1.41 bits per heavy atom. The van der Waals surface area contributed by atoms with E-state index in [4.69, 9.17) is 0 Å². The molecular formula is C12H16N4O. The fraction of sp³-hybridized carbons (Fsp3) is 0.417. The number of carbonyl (C=O) groups excluding carboxylic acids is 1. The highest BCUT2D eigenvalue weighted by molar-refractivity contribution is 5.93. The largest absolute Gasteiger partial charge is 0.346 e. The molecule has 0 fully saturated rings. The normalized spacial score (nSPS) is 11.8. The summed E-state index contributed by atoms with van der Waals surface area (Å²) >= 11 is 0. The van der Waals surface area contributed by atoms with E-state index < -0.39 is 0 Å². The zero-order chi connectivity index (χ0) is 12.6. The molecule has 17 heavy (non-hydrogen) atoms. The van der Waals surface area contributed by atoms with Crippen molar-refractivity contribution in [1.82, 2.24) is 19.9 Å². The van der Waals surface area contributed by atoms with E-state index in [1.165, 1.54) is 0 Å². The van der Waals surface area contributed by atoms with Gasteiger partial charge in [0.2, 0.25) is 0 Å². The third-order valence-electron chi connectivity index (χ3n) is 2.26. The zero-order valence-electron chi connectivity index (χ0n) is 10.5. The average Bonchev–Trinajstić information content (AvgIpc) is 2.63. The SMILES string of the molecule is Cc1cc(C(=O)NC(C)(C)C)nc2ccnn12. The summed E-state index contributed by atoms with van der Waals surface area (Å²) in [4.78, 5) is 16.2. The van der Waals surface area contributed by atoms with E-state index in [9.17, 15) is 4.79 Å². The molecule has 0 bridgehead atoms. The number of nitrogens with zero attached hydrogens (tertiary/aromatic N) is 3. The molecule has 90 valence electrons. The second kappa shape index (κ2) is 3.84. The molecule has 0 aliphatic rings. The highest BCUT2D eigenvalue weighted by Crippen LogP contribution is 2.08. The maximum atomic E-state index is 12.0. The summed E-state index contributed by atoms with van der Waals surface area (Å²) in [6.45, 7) is 7.72. The van der Waals surface area contributed by atoms with Crippen LogP contribution in [-0.4, -0.2) is 26.0 Å². The van der Waals surface area contributed by atoms with Gasteiger partial charge in [0.15, 0.2) is 5.65 Å². The summed E-state index contributed by atoms with van der Waals surface area (Å²) in [6.07, 6.45) is 1.67. The molecule has 0 saturated carbocycles. The highest BCUT2D eigenvalue weighted by atomic mass is 16.2. The van der Waals surface area contributed by atoms with E-state index in [-0.39, 0.29) is 11.4 Å². The van der Waals surface area contributed by atoms with Crippen LogP contribution < -0.4 is 5.32 Å². The van der Waals surface area contributed by atoms with Crippen LogP contribution in [0.25, 0.3) is 5.65 Å². The molecule has 2 aromatic rings. The molecule has 0 aliphatic carbocycles. The quantitative estimate of drug-likeness (QED) is 0.811. The van der Waals surface area contributed by atoms with E-state index in [1.54, 1.807) is 22.8 Å². The molecule has 5 nitrogen and oxygen atoms in total. The Morgan fingerprint density at radius 3 is 2.76 bits per heavy atom. The van der Waals surface area contributed by atoms with Crippen molar-refractivity contribution in [2.24, 2.45) is 0 Å². The van der Waals surface area contributed by atoms with E-state index >= 15 is 0 Å². The monoisotopic (exact) mass is 232 g/mol. The van der Waals surface area contributed by atoms with Crippen LogP contribution in [0.4, 0.5) is 0 Å². The van der Waals surface area contributed by atoms with Gasteiger partial charge in [0.25, 0.3) is 5.91 Å². The van der Waals surface area contributed by atoms with Gasteiger partial charge >= 0.3 is 0 Å². The van der Waals surface area contributed by atoms with Crippen molar-refractivity contribution in [1.29, 1.82) is 0 Å². The maximum Gasteiger partial charge on any atom is 0.270 e. The topological polar surface area (TPSA) is 59.3 Å². The number of aromatic nitrogens is 3. The molecule has 0 aliphatic heterocycles. The van der Waals surface area contributed by atoms with Crippen LogP contribution in [0.3, 0.4) is 0 Å². The molecule has 0 spiro atoms. The van der Waals surface area contributed by atoms with Crippen LogP contribution in [0.15, 0.2) is 18.3 Å². The van der Waals surface area contributed by atoms with Crippen molar-refractivity contribution in [3.05, 3.63) is 29.7 Å². The van der Waals surface area contributed by atoms with Gasteiger partial charge in [0.05, 0.1) is 6.20 Å². The summed E-state index contributed by atoms with van der Waals surface area (Å²) in [5.41, 5.74) is 1.73. The Labute approximate surface area is 99.9 Å². The molecule has 2 rings (SSSR count). The van der Waals surface area contributed by atoms with Crippen molar-refractivity contribution in [2.75, 3.05) is 0 Å². The first kappa shape index (κ1) is 11.6. The van der Waals surface area contributed by atoms with Gasteiger partial charge in [-0.25, -0.2) is 9.50 Å². The Hall–Kier alpha value is -1.91. The van der Waals surface area contributed by atoms with Gasteiger partial charge in [0, 0.05) is 17.3 Å². The minimum absolute atomic E-state index is 0.163. The van der Waals surface area contributed by atoms with Crippen molar-refractivity contribution in [3.8, 4) is 0 Å². The van der Waals surface area contributed by atoms with Crippen molar-refractivity contribution < 1.29 is 4.79 Å². The average molecular weight is 232 g/mol. The second-order valence-corrected chi connectivity index (χ2v) is 5.09. The van der Waals surface area contributed by atoms with Crippen LogP contribution in [0.5, 0.6) is 0 Å². The molecule has 0 unspecified atom stereocenters. The standard InChI is InChI=1S/C12H16N4O/c1-8-7-9(11(17)15-12(2,3)4)14-10-5-6-13-16(8)10/h5-7H,1-4H3,(H,15,17). The van der Waals surface area contributed by atoms with Gasteiger partial charge in [-0.1, -0.05) is 0 Å². The second-order valence-electron chi connectivity index (χ2n) is 5.09. The highest BCUT2D eigenvalue weighted by Gasteiger charge is 2.17. The van der Waals surface area contributed by atoms with Crippen molar-refractivity contribution in [3.63, 3.8) is 0 Å². The zero-order valence-corrected chi connectivity index (χ0v) is 10.5. The number of aryl methyl sites for hydroxylation is 1. The number of nitrogens with one attached hydrogen (secondary N) is 1. The first-order valence-electron chi connectivity index (χ1n) is 5.51. The summed E-state index contributed by atoms with van der Waals surface area (Å²) < 4.78 is 1.70. The van der Waals surface area contributed by atoms with Crippen LogP contribution in [0.2, 0.25) is 0 Å². The third kappa shape index (κ3) is 2.43. The lowest BCUT2D eigenvalue weighted by Crippen LogP contribution is -2.41. The lowest BCUT2D eigenvalue weighted by atomic mass is 10.1. The fourth-order valence-electron chi connectivity index (χ4n) is 1.59. The number of fused-ring (bicyclic) bond motifs is 1. The summed E-state index contributed by atoms with van der Waals surface area (Å²) in [6, 6.07) is 3.52. The molecule has 0 saturated heterocycles. The van der Waals surface area contributed by atoms with Gasteiger partial charge in [-0.15, -0.1) is 0 Å². The smallest absolute Gasteiger partial charge is 0.270 e. The number of hydrogen-bond acceptors (Lipinski definition) is 3. The van der Waals surface area contributed by atoms with Gasteiger partial charge in [-0.3, -0.25) is 4.79 Å². The Bertz CT molecular complexity index is 565. The first-order valence-corrected chi connectivity index (χ1v) is 5.51. The lowest BCUT2D eigenvalue weighted by molar-refractivity contribution is 0.0914. The van der Waals surface area contributed by atoms with Crippen LogP contribution >= 0.6 is 0 Å². The molecule has 2 aromatic heterocycles. The van der Waals surface area contributed by atoms with Crippen LogP contribution in [-0.2, 0) is 0 Å². The predicted octanol–water partition coefficient (Wildman–Crippen LogP) is 1.57. The maximum absolute atomic E-state index is 12.0. The fourth-order valence-corrected chi connectivity index (χ4v) is 1.59. The summed E-state index contributed by atoms with van der Waals surface area (Å²) in [5, 5.41) is 7.00. The minimum atomic E-state index is -0.265. The van der Waals surface area contributed by atoms with Gasteiger partial charge in [-0.2, -0.15) is 5.10 Å². The molecule has 2 heterocycles. The third-order valence-corrected chi connectivity index (χ3v) is 2.26. The van der Waals surface area contributed by atoms with Crippen LogP contribution in [0.1, 0.15) is 37.0 Å². The summed E-state index contributed by atoms with van der Waals surface area (Å²) in [7, 11) is 0. The molecule has 0 atom stereocenters. The van der Waals surface area contributed by atoms with E-state index in [1.807, 2.05) is 27.7 Å². The van der Waals surface area contributed by atoms with Crippen molar-refractivity contribution in [2.45, 2.75) is 33.2 Å². The summed E-state index contributed by atoms with van der Waals surface area (Å²) in [5.74, 6) is -0.163. The van der Waals surface area contributed by atoms with E-state index in [2.05, 4.69) is 15.4 Å². The molecule has 0 aromatic carbocycles. The first-order chi connectivity index (χ1) is 7.87. The number of hydrogen-bond donors (Lipinski definition) is 1. The number of rotatable bonds is 1. The molecule has 1 amide bonds. The molecule has 0 radical (unpaired) electrons. The molecule has 1 N–H and O–H groups in total. The lowest BCUT2D eigenvalue weighted by Gasteiger charge is -2.20. The molecule has 5 heteroatoms. The van der Waals surface area contributed by atoms with Gasteiger partial charge in [0.1, 0.15) is 5.69 Å². The Balaban J connectivity index is 2.39.